The van der Waals surface area contributed by atoms with Crippen molar-refractivity contribution in [1.29, 1.82) is 0 Å². The molecule has 0 saturated carbocycles. The Morgan fingerprint density at radius 2 is 2.20 bits per heavy atom. The normalized spacial score (nSPS) is 32.6. The maximum atomic E-state index is 12.4. The number of alkyl halides is 2. The summed E-state index contributed by atoms with van der Waals surface area (Å²) in [6.45, 7) is -2.43. The van der Waals surface area contributed by atoms with Gasteiger partial charge in [-0.2, -0.15) is 13.9 Å². The highest BCUT2D eigenvalue weighted by molar-refractivity contribution is 5.92. The number of aromatic nitrogens is 2. The third-order valence-electron chi connectivity index (χ3n) is 3.38. The smallest absolute Gasteiger partial charge is 0.333 e. The lowest BCUT2D eigenvalue weighted by molar-refractivity contribution is 0.0178. The number of carbonyl (C=O) groups is 1. The van der Waals surface area contributed by atoms with E-state index >= 15 is 0 Å². The van der Waals surface area contributed by atoms with Gasteiger partial charge in [-0.25, -0.2) is 4.68 Å². The lowest BCUT2D eigenvalue weighted by atomic mass is 10.1. The number of aliphatic hydroxyl groups excluding tert-OH is 1. The van der Waals surface area contributed by atoms with Crippen LogP contribution in [0.2, 0.25) is 0 Å². The molecule has 9 heteroatoms. The molecule has 2 saturated heterocycles. The van der Waals surface area contributed by atoms with E-state index in [-0.39, 0.29) is 18.9 Å². The molecule has 7 nitrogen and oxygen atoms in total. The third-order valence-corrected chi connectivity index (χ3v) is 3.38. The van der Waals surface area contributed by atoms with Gasteiger partial charge in [-0.15, -0.1) is 0 Å². The number of fused-ring (bicyclic) bond motifs is 1. The van der Waals surface area contributed by atoms with Crippen LogP contribution in [-0.4, -0.2) is 58.4 Å². The first-order chi connectivity index (χ1) is 9.56. The van der Waals surface area contributed by atoms with Gasteiger partial charge in [0.25, 0.3) is 5.91 Å². The molecule has 0 spiro atoms. The summed E-state index contributed by atoms with van der Waals surface area (Å²) in [5.41, 5.74) is -0.104. The van der Waals surface area contributed by atoms with Crippen molar-refractivity contribution in [2.45, 2.75) is 30.9 Å². The largest absolute Gasteiger partial charge is 0.388 e. The van der Waals surface area contributed by atoms with E-state index in [4.69, 9.17) is 9.47 Å². The SMILES string of the molecule is O=C(N[C@@H]1CO[C@H]2[C@@H]1OC[C@H]2O)c1ccn(C(F)F)n1. The summed E-state index contributed by atoms with van der Waals surface area (Å²) in [7, 11) is 0. The Bertz CT molecular complexity index is 510. The first-order valence-corrected chi connectivity index (χ1v) is 6.11. The van der Waals surface area contributed by atoms with Gasteiger partial charge in [-0.05, 0) is 6.07 Å². The monoisotopic (exact) mass is 289 g/mol. The van der Waals surface area contributed by atoms with Crippen molar-refractivity contribution in [3.8, 4) is 0 Å². The first-order valence-electron chi connectivity index (χ1n) is 6.11. The van der Waals surface area contributed by atoms with Crippen LogP contribution in [0.15, 0.2) is 12.3 Å². The predicted octanol–water partition coefficient (Wildman–Crippen LogP) is -0.465. The summed E-state index contributed by atoms with van der Waals surface area (Å²) in [5, 5.41) is 15.7. The molecule has 1 amide bonds. The Balaban J connectivity index is 1.64. The number of hydrogen-bond donors (Lipinski definition) is 2. The second-order valence-electron chi connectivity index (χ2n) is 4.70. The molecular weight excluding hydrogens is 276 g/mol. The van der Waals surface area contributed by atoms with Gasteiger partial charge in [-0.3, -0.25) is 4.79 Å². The zero-order valence-electron chi connectivity index (χ0n) is 10.3. The summed E-state index contributed by atoms with van der Waals surface area (Å²) in [4.78, 5) is 11.9. The van der Waals surface area contributed by atoms with Crippen molar-refractivity contribution < 1.29 is 28.2 Å². The fourth-order valence-electron chi connectivity index (χ4n) is 2.41. The Labute approximate surface area is 112 Å². The van der Waals surface area contributed by atoms with Gasteiger partial charge in [0.15, 0.2) is 0 Å². The predicted molar refractivity (Wildman–Crippen MR) is 60.2 cm³/mol. The number of halogens is 2. The highest BCUT2D eigenvalue weighted by Crippen LogP contribution is 2.27. The number of carbonyl (C=O) groups excluding carboxylic acids is 1. The molecule has 0 aliphatic carbocycles. The molecule has 0 bridgehead atoms. The number of ether oxygens (including phenoxy) is 2. The van der Waals surface area contributed by atoms with Crippen LogP contribution >= 0.6 is 0 Å². The molecule has 2 N–H and O–H groups in total. The van der Waals surface area contributed by atoms with Gasteiger partial charge in [0.2, 0.25) is 0 Å². The summed E-state index contributed by atoms with van der Waals surface area (Å²) in [5.74, 6) is -0.580. The summed E-state index contributed by atoms with van der Waals surface area (Å²) in [6.07, 6.45) is -0.561. The first kappa shape index (κ1) is 13.4. The van der Waals surface area contributed by atoms with E-state index in [1.165, 1.54) is 6.07 Å². The molecule has 1 aromatic heterocycles. The minimum atomic E-state index is -2.79. The highest BCUT2D eigenvalue weighted by Gasteiger charge is 2.47. The summed E-state index contributed by atoms with van der Waals surface area (Å²) in [6, 6.07) is 0.778. The number of aliphatic hydroxyl groups is 1. The quantitative estimate of drug-likeness (QED) is 0.786. The van der Waals surface area contributed by atoms with Crippen LogP contribution < -0.4 is 5.32 Å². The molecule has 2 fully saturated rings. The van der Waals surface area contributed by atoms with E-state index in [9.17, 15) is 18.7 Å². The third kappa shape index (κ3) is 2.28. The van der Waals surface area contributed by atoms with Crippen LogP contribution in [0.4, 0.5) is 8.78 Å². The lowest BCUT2D eigenvalue weighted by Gasteiger charge is -2.16. The Kier molecular flexibility index (Phi) is 3.40. The minimum absolute atomic E-state index is 0.104. The molecule has 4 atom stereocenters. The standard InChI is InChI=1S/C11H13F2N3O4/c12-11(13)16-2-1-5(15-16)10(18)14-6-3-19-9-7(17)4-20-8(6)9/h1-2,6-9,11,17H,3-4H2,(H,14,18)/t6-,7-,8-,9-/m1/s1. The van der Waals surface area contributed by atoms with Gasteiger partial charge in [0.05, 0.1) is 19.3 Å². The van der Waals surface area contributed by atoms with Crippen LogP contribution in [0.3, 0.4) is 0 Å². The van der Waals surface area contributed by atoms with E-state index in [2.05, 4.69) is 10.4 Å². The molecule has 0 unspecified atom stereocenters. The maximum Gasteiger partial charge on any atom is 0.333 e. The van der Waals surface area contributed by atoms with Gasteiger partial charge in [0, 0.05) is 6.20 Å². The van der Waals surface area contributed by atoms with Gasteiger partial charge < -0.3 is 19.9 Å². The zero-order chi connectivity index (χ0) is 14.3. The second kappa shape index (κ2) is 5.08. The van der Waals surface area contributed by atoms with Crippen molar-refractivity contribution in [2.24, 2.45) is 0 Å². The fourth-order valence-corrected chi connectivity index (χ4v) is 2.41. The molecule has 20 heavy (non-hydrogen) atoms. The van der Waals surface area contributed by atoms with Crippen molar-refractivity contribution in [2.75, 3.05) is 13.2 Å². The zero-order valence-corrected chi connectivity index (χ0v) is 10.3. The van der Waals surface area contributed by atoms with E-state index in [1.807, 2.05) is 0 Å². The highest BCUT2D eigenvalue weighted by atomic mass is 19.3. The number of rotatable bonds is 3. The van der Waals surface area contributed by atoms with E-state index in [1.54, 1.807) is 0 Å². The van der Waals surface area contributed by atoms with E-state index in [0.29, 0.717) is 4.68 Å². The van der Waals surface area contributed by atoms with Crippen LogP contribution in [-0.2, 0) is 9.47 Å². The molecule has 110 valence electrons. The second-order valence-corrected chi connectivity index (χ2v) is 4.70. The average molecular weight is 289 g/mol. The van der Waals surface area contributed by atoms with E-state index in [0.717, 1.165) is 6.20 Å². The van der Waals surface area contributed by atoms with Crippen molar-refractivity contribution in [3.05, 3.63) is 18.0 Å². The molecule has 0 radical (unpaired) electrons. The van der Waals surface area contributed by atoms with Crippen LogP contribution in [0, 0.1) is 0 Å². The van der Waals surface area contributed by atoms with Crippen LogP contribution in [0.1, 0.15) is 17.0 Å². The lowest BCUT2D eigenvalue weighted by Crippen LogP contribution is -2.44. The number of nitrogens with one attached hydrogen (secondary N) is 1. The molecule has 2 aliphatic heterocycles. The molecule has 3 rings (SSSR count). The Morgan fingerprint density at radius 3 is 2.90 bits per heavy atom. The van der Waals surface area contributed by atoms with Crippen molar-refractivity contribution in [3.63, 3.8) is 0 Å². The van der Waals surface area contributed by atoms with E-state index < -0.39 is 36.8 Å². The van der Waals surface area contributed by atoms with Gasteiger partial charge in [0.1, 0.15) is 24.0 Å². The van der Waals surface area contributed by atoms with Gasteiger partial charge in [-0.1, -0.05) is 0 Å². The Hall–Kier alpha value is -1.58. The fraction of sp³-hybridized carbons (Fsp3) is 0.636. The number of hydrogen-bond acceptors (Lipinski definition) is 5. The number of amides is 1. The Morgan fingerprint density at radius 1 is 1.45 bits per heavy atom. The summed E-state index contributed by atoms with van der Waals surface area (Å²) >= 11 is 0. The van der Waals surface area contributed by atoms with Crippen molar-refractivity contribution >= 4 is 5.91 Å². The molecule has 0 aromatic carbocycles. The summed E-state index contributed by atoms with van der Waals surface area (Å²) < 4.78 is 35.8. The molecule has 1 aromatic rings. The van der Waals surface area contributed by atoms with Gasteiger partial charge >= 0.3 is 6.55 Å². The average Bonchev–Trinajstić information content (AvgIpc) is 3.09. The topological polar surface area (TPSA) is 85.6 Å². The van der Waals surface area contributed by atoms with Crippen molar-refractivity contribution in [1.82, 2.24) is 15.1 Å². The maximum absolute atomic E-state index is 12.4. The molecular formula is C11H13F2N3O4. The minimum Gasteiger partial charge on any atom is -0.388 e. The van der Waals surface area contributed by atoms with Crippen LogP contribution in [0.5, 0.6) is 0 Å². The number of nitrogens with zero attached hydrogens (tertiary/aromatic N) is 2. The molecule has 3 heterocycles. The molecule has 2 aliphatic rings. The van der Waals surface area contributed by atoms with Crippen LogP contribution in [0.25, 0.3) is 0 Å².